The lowest BCUT2D eigenvalue weighted by Gasteiger charge is -2.30. The quantitative estimate of drug-likeness (QED) is 0.657. The van der Waals surface area contributed by atoms with Gasteiger partial charge in [0.25, 0.3) is 5.91 Å². The predicted molar refractivity (Wildman–Crippen MR) is 108 cm³/mol. The van der Waals surface area contributed by atoms with Crippen molar-refractivity contribution in [1.29, 1.82) is 0 Å². The average molecular weight is 416 g/mol. The third kappa shape index (κ3) is 3.91. The maximum Gasteiger partial charge on any atom is 0.255 e. The van der Waals surface area contributed by atoms with E-state index in [9.17, 15) is 4.79 Å². The van der Waals surface area contributed by atoms with Crippen molar-refractivity contribution in [2.24, 2.45) is 0 Å². The number of para-hydroxylation sites is 1. The number of halogens is 1. The lowest BCUT2D eigenvalue weighted by Crippen LogP contribution is -2.45. The van der Waals surface area contributed by atoms with Crippen LogP contribution >= 0.6 is 28.1 Å². The van der Waals surface area contributed by atoms with Crippen LogP contribution in [0.4, 0.5) is 5.69 Å². The first-order valence-corrected chi connectivity index (χ1v) is 9.06. The highest BCUT2D eigenvalue weighted by Gasteiger charge is 2.30. The first-order valence-electron chi connectivity index (χ1n) is 7.86. The van der Waals surface area contributed by atoms with Crippen molar-refractivity contribution in [2.75, 3.05) is 5.32 Å². The molecule has 1 aliphatic rings. The summed E-state index contributed by atoms with van der Waals surface area (Å²) in [6.07, 6.45) is 0. The smallest absolute Gasteiger partial charge is 0.255 e. The summed E-state index contributed by atoms with van der Waals surface area (Å²) in [6, 6.07) is 15.3. The Hall–Kier alpha value is -2.18. The molecule has 0 unspecified atom stereocenters. The summed E-state index contributed by atoms with van der Waals surface area (Å²) in [5, 5.41) is 9.77. The molecule has 6 heteroatoms. The number of aryl methyl sites for hydroxylation is 1. The molecule has 1 atom stereocenters. The second kappa shape index (κ2) is 7.37. The van der Waals surface area contributed by atoms with E-state index in [0.717, 1.165) is 27.0 Å². The molecule has 0 aliphatic carbocycles. The first-order chi connectivity index (χ1) is 12.0. The summed E-state index contributed by atoms with van der Waals surface area (Å²) >= 11 is 8.72. The van der Waals surface area contributed by atoms with Crippen LogP contribution in [0.25, 0.3) is 0 Å². The highest BCUT2D eigenvalue weighted by molar-refractivity contribution is 9.10. The molecule has 3 rings (SSSR count). The molecule has 0 aromatic heterocycles. The van der Waals surface area contributed by atoms with Crippen molar-refractivity contribution in [3.63, 3.8) is 0 Å². The third-order valence-electron chi connectivity index (χ3n) is 4.11. The summed E-state index contributed by atoms with van der Waals surface area (Å²) in [7, 11) is 0. The molecular formula is C19H18BrN3OS. The van der Waals surface area contributed by atoms with Gasteiger partial charge in [-0.1, -0.05) is 46.3 Å². The SMILES string of the molecule is CC1=C(C(=O)Nc2ccccc2C)[C@@H](c2ccc(Br)cc2)NC(=S)N1. The molecule has 0 fully saturated rings. The molecule has 4 nitrogen and oxygen atoms in total. The van der Waals surface area contributed by atoms with Gasteiger partial charge in [0.05, 0.1) is 11.6 Å². The van der Waals surface area contributed by atoms with Crippen LogP contribution < -0.4 is 16.0 Å². The molecule has 1 amide bonds. The van der Waals surface area contributed by atoms with Gasteiger partial charge >= 0.3 is 0 Å². The van der Waals surface area contributed by atoms with E-state index in [1.165, 1.54) is 0 Å². The highest BCUT2D eigenvalue weighted by atomic mass is 79.9. The molecule has 128 valence electrons. The summed E-state index contributed by atoms with van der Waals surface area (Å²) in [6.45, 7) is 3.83. The Morgan fingerprint density at radius 2 is 1.80 bits per heavy atom. The summed E-state index contributed by atoms with van der Waals surface area (Å²) in [5.41, 5.74) is 4.17. The fourth-order valence-corrected chi connectivity index (χ4v) is 3.34. The van der Waals surface area contributed by atoms with E-state index in [-0.39, 0.29) is 11.9 Å². The first kappa shape index (κ1) is 17.6. The Bertz CT molecular complexity index is 861. The zero-order chi connectivity index (χ0) is 18.0. The number of amides is 1. The summed E-state index contributed by atoms with van der Waals surface area (Å²) in [4.78, 5) is 13.0. The third-order valence-corrected chi connectivity index (χ3v) is 4.86. The molecule has 1 heterocycles. The van der Waals surface area contributed by atoms with Crippen molar-refractivity contribution >= 4 is 44.9 Å². The van der Waals surface area contributed by atoms with E-state index in [1.54, 1.807) is 0 Å². The zero-order valence-electron chi connectivity index (χ0n) is 13.9. The Morgan fingerprint density at radius 1 is 1.12 bits per heavy atom. The number of thiocarbonyl (C=S) groups is 1. The number of anilines is 1. The number of benzene rings is 2. The van der Waals surface area contributed by atoms with Gasteiger partial charge in [-0.25, -0.2) is 0 Å². The van der Waals surface area contributed by atoms with Gasteiger partial charge in [0, 0.05) is 15.9 Å². The van der Waals surface area contributed by atoms with Crippen molar-refractivity contribution < 1.29 is 4.79 Å². The van der Waals surface area contributed by atoms with Gasteiger partial charge in [0.15, 0.2) is 5.11 Å². The summed E-state index contributed by atoms with van der Waals surface area (Å²) in [5.74, 6) is -0.151. The minimum Gasteiger partial charge on any atom is -0.351 e. The van der Waals surface area contributed by atoms with Crippen molar-refractivity contribution in [3.8, 4) is 0 Å². The van der Waals surface area contributed by atoms with Crippen molar-refractivity contribution in [1.82, 2.24) is 10.6 Å². The standard InChI is InChI=1S/C19H18BrN3OS/c1-11-5-3-4-6-15(11)22-18(24)16-12(2)21-19(25)23-17(16)13-7-9-14(20)10-8-13/h3-10,17H,1-2H3,(H,22,24)(H2,21,23,25)/t17-/m1/s1. The van der Waals surface area contributed by atoms with E-state index in [0.29, 0.717) is 10.7 Å². The second-order valence-electron chi connectivity index (χ2n) is 5.89. The molecular weight excluding hydrogens is 398 g/mol. The molecule has 0 bridgehead atoms. The summed E-state index contributed by atoms with van der Waals surface area (Å²) < 4.78 is 0.986. The van der Waals surface area contributed by atoms with Crippen LogP contribution in [0.1, 0.15) is 24.1 Å². The van der Waals surface area contributed by atoms with E-state index in [2.05, 4.69) is 31.9 Å². The van der Waals surface area contributed by atoms with Crippen LogP contribution in [0, 0.1) is 6.92 Å². The van der Waals surface area contributed by atoms with Crippen LogP contribution in [0.3, 0.4) is 0 Å². The number of rotatable bonds is 3. The number of allylic oxidation sites excluding steroid dienone is 1. The number of hydrogen-bond acceptors (Lipinski definition) is 2. The van der Waals surface area contributed by atoms with Crippen LogP contribution in [0.15, 0.2) is 64.3 Å². The van der Waals surface area contributed by atoms with E-state index in [1.807, 2.05) is 62.4 Å². The number of carbonyl (C=O) groups excluding carboxylic acids is 1. The average Bonchev–Trinajstić information content (AvgIpc) is 2.57. The maximum absolute atomic E-state index is 13.0. The number of carbonyl (C=O) groups is 1. The molecule has 3 N–H and O–H groups in total. The van der Waals surface area contributed by atoms with Gasteiger partial charge in [0.1, 0.15) is 0 Å². The minimum absolute atomic E-state index is 0.151. The van der Waals surface area contributed by atoms with E-state index < -0.39 is 0 Å². The lowest BCUT2D eigenvalue weighted by atomic mass is 9.95. The topological polar surface area (TPSA) is 53.2 Å². The molecule has 0 saturated carbocycles. The van der Waals surface area contributed by atoms with Crippen LogP contribution in [-0.2, 0) is 4.79 Å². The molecule has 2 aromatic rings. The molecule has 25 heavy (non-hydrogen) atoms. The van der Waals surface area contributed by atoms with Gasteiger partial charge in [-0.05, 0) is 55.4 Å². The fraction of sp³-hybridized carbons (Fsp3) is 0.158. The Morgan fingerprint density at radius 3 is 2.48 bits per heavy atom. The van der Waals surface area contributed by atoms with Crippen LogP contribution in [0.2, 0.25) is 0 Å². The molecule has 0 radical (unpaired) electrons. The number of nitrogens with one attached hydrogen (secondary N) is 3. The van der Waals surface area contributed by atoms with Crippen molar-refractivity contribution in [2.45, 2.75) is 19.9 Å². The Labute approximate surface area is 160 Å². The normalized spacial score (nSPS) is 16.9. The van der Waals surface area contributed by atoms with E-state index >= 15 is 0 Å². The van der Waals surface area contributed by atoms with E-state index in [4.69, 9.17) is 12.2 Å². The lowest BCUT2D eigenvalue weighted by molar-refractivity contribution is -0.113. The molecule has 2 aromatic carbocycles. The van der Waals surface area contributed by atoms with Gasteiger partial charge < -0.3 is 16.0 Å². The second-order valence-corrected chi connectivity index (χ2v) is 7.21. The maximum atomic E-state index is 13.0. The fourth-order valence-electron chi connectivity index (χ4n) is 2.80. The Kier molecular flexibility index (Phi) is 5.20. The van der Waals surface area contributed by atoms with Crippen LogP contribution in [-0.4, -0.2) is 11.0 Å². The predicted octanol–water partition coefficient (Wildman–Crippen LogP) is 4.19. The highest BCUT2D eigenvalue weighted by Crippen LogP contribution is 2.29. The zero-order valence-corrected chi connectivity index (χ0v) is 16.3. The van der Waals surface area contributed by atoms with Gasteiger partial charge in [0.2, 0.25) is 0 Å². The van der Waals surface area contributed by atoms with Gasteiger partial charge in [-0.2, -0.15) is 0 Å². The monoisotopic (exact) mass is 415 g/mol. The van der Waals surface area contributed by atoms with Crippen molar-refractivity contribution in [3.05, 3.63) is 75.4 Å². The van der Waals surface area contributed by atoms with Crippen LogP contribution in [0.5, 0.6) is 0 Å². The number of hydrogen-bond donors (Lipinski definition) is 3. The Balaban J connectivity index is 1.96. The molecule has 0 saturated heterocycles. The van der Waals surface area contributed by atoms with Gasteiger partial charge in [-0.15, -0.1) is 0 Å². The molecule has 0 spiro atoms. The largest absolute Gasteiger partial charge is 0.351 e. The van der Waals surface area contributed by atoms with Gasteiger partial charge in [-0.3, -0.25) is 4.79 Å². The molecule has 1 aliphatic heterocycles. The minimum atomic E-state index is -0.300.